The zero-order valence-electron chi connectivity index (χ0n) is 16.8. The molecule has 1 fully saturated rings. The Kier molecular flexibility index (Phi) is 7.47. The SMILES string of the molecule is CCNC(=NCc1ccc(C)cc1OC1CCOC1)NCC(C)(C)C(N)=O. The smallest absolute Gasteiger partial charge is 0.224 e. The Morgan fingerprint density at radius 2 is 2.19 bits per heavy atom. The summed E-state index contributed by atoms with van der Waals surface area (Å²) in [6.07, 6.45) is 1.00. The predicted octanol–water partition coefficient (Wildman–Crippen LogP) is 1.73. The number of aryl methyl sites for hydroxylation is 1. The Morgan fingerprint density at radius 1 is 1.41 bits per heavy atom. The number of nitrogens with zero attached hydrogens (tertiary/aromatic N) is 1. The molecule has 1 saturated heterocycles. The number of carbonyl (C=O) groups is 1. The van der Waals surface area contributed by atoms with Crippen LogP contribution in [0.3, 0.4) is 0 Å². The van der Waals surface area contributed by atoms with Crippen molar-refractivity contribution < 1.29 is 14.3 Å². The van der Waals surface area contributed by atoms with Crippen molar-refractivity contribution in [3.05, 3.63) is 29.3 Å². The van der Waals surface area contributed by atoms with Crippen LogP contribution in [0.2, 0.25) is 0 Å². The summed E-state index contributed by atoms with van der Waals surface area (Å²) in [6.45, 7) is 10.6. The van der Waals surface area contributed by atoms with E-state index in [2.05, 4.69) is 21.7 Å². The monoisotopic (exact) mass is 376 g/mol. The first-order chi connectivity index (χ1) is 12.8. The van der Waals surface area contributed by atoms with E-state index in [1.165, 1.54) is 0 Å². The quantitative estimate of drug-likeness (QED) is 0.474. The number of ether oxygens (including phenoxy) is 2. The molecule has 0 saturated carbocycles. The zero-order chi connectivity index (χ0) is 19.9. The van der Waals surface area contributed by atoms with Crippen LogP contribution in [0.5, 0.6) is 5.75 Å². The van der Waals surface area contributed by atoms with E-state index in [1.54, 1.807) is 0 Å². The van der Waals surface area contributed by atoms with Crippen molar-refractivity contribution in [2.45, 2.75) is 46.8 Å². The van der Waals surface area contributed by atoms with Crippen LogP contribution in [0.1, 0.15) is 38.3 Å². The first kappa shape index (κ1) is 21.0. The van der Waals surface area contributed by atoms with E-state index >= 15 is 0 Å². The summed E-state index contributed by atoms with van der Waals surface area (Å²) in [6, 6.07) is 6.14. The van der Waals surface area contributed by atoms with Gasteiger partial charge in [-0.3, -0.25) is 4.79 Å². The largest absolute Gasteiger partial charge is 0.488 e. The van der Waals surface area contributed by atoms with Crippen molar-refractivity contribution in [3.63, 3.8) is 0 Å². The van der Waals surface area contributed by atoms with Gasteiger partial charge in [0.1, 0.15) is 11.9 Å². The Bertz CT molecular complexity index is 667. The zero-order valence-corrected chi connectivity index (χ0v) is 16.8. The van der Waals surface area contributed by atoms with E-state index in [1.807, 2.05) is 39.8 Å². The summed E-state index contributed by atoms with van der Waals surface area (Å²) in [4.78, 5) is 16.1. The molecule has 0 aliphatic carbocycles. The van der Waals surface area contributed by atoms with E-state index < -0.39 is 5.41 Å². The molecule has 1 heterocycles. The molecule has 0 aromatic heterocycles. The lowest BCUT2D eigenvalue weighted by atomic mass is 9.93. The van der Waals surface area contributed by atoms with Gasteiger partial charge < -0.3 is 25.8 Å². The highest BCUT2D eigenvalue weighted by Crippen LogP contribution is 2.24. The highest BCUT2D eigenvalue weighted by molar-refractivity contribution is 5.83. The molecule has 0 spiro atoms. The van der Waals surface area contributed by atoms with Crippen molar-refractivity contribution in [1.29, 1.82) is 0 Å². The van der Waals surface area contributed by atoms with Gasteiger partial charge in [0.25, 0.3) is 0 Å². The molecule has 7 heteroatoms. The number of amides is 1. The van der Waals surface area contributed by atoms with E-state index in [0.29, 0.717) is 25.7 Å². The maximum atomic E-state index is 11.5. The predicted molar refractivity (Wildman–Crippen MR) is 107 cm³/mol. The van der Waals surface area contributed by atoms with Crippen molar-refractivity contribution in [3.8, 4) is 5.75 Å². The third-order valence-electron chi connectivity index (χ3n) is 4.52. The number of aliphatic imine (C=N–C) groups is 1. The molecule has 1 aliphatic heterocycles. The Hall–Kier alpha value is -2.28. The fourth-order valence-corrected chi connectivity index (χ4v) is 2.59. The van der Waals surface area contributed by atoms with Crippen LogP contribution >= 0.6 is 0 Å². The molecule has 1 aromatic carbocycles. The summed E-state index contributed by atoms with van der Waals surface area (Å²) in [5.74, 6) is 1.14. The van der Waals surface area contributed by atoms with Crippen LogP contribution in [0, 0.1) is 12.3 Å². The van der Waals surface area contributed by atoms with Crippen LogP contribution in [-0.4, -0.2) is 44.3 Å². The molecule has 1 unspecified atom stereocenters. The minimum atomic E-state index is -0.656. The van der Waals surface area contributed by atoms with Gasteiger partial charge in [-0.1, -0.05) is 12.1 Å². The molecule has 27 heavy (non-hydrogen) atoms. The molecular weight excluding hydrogens is 344 g/mol. The molecule has 0 bridgehead atoms. The highest BCUT2D eigenvalue weighted by Gasteiger charge is 2.25. The van der Waals surface area contributed by atoms with E-state index in [0.717, 1.165) is 36.4 Å². The van der Waals surface area contributed by atoms with E-state index in [4.69, 9.17) is 15.2 Å². The van der Waals surface area contributed by atoms with Crippen LogP contribution in [0.4, 0.5) is 0 Å². The summed E-state index contributed by atoms with van der Waals surface area (Å²) in [5, 5.41) is 6.39. The second-order valence-electron chi connectivity index (χ2n) is 7.51. The number of guanidine groups is 1. The highest BCUT2D eigenvalue weighted by atomic mass is 16.5. The van der Waals surface area contributed by atoms with Gasteiger partial charge in [0.15, 0.2) is 5.96 Å². The maximum Gasteiger partial charge on any atom is 0.224 e. The Balaban J connectivity index is 2.08. The topological polar surface area (TPSA) is 98.0 Å². The number of rotatable bonds is 8. The van der Waals surface area contributed by atoms with Crippen molar-refractivity contribution in [2.75, 3.05) is 26.3 Å². The first-order valence-electron chi connectivity index (χ1n) is 9.48. The third kappa shape index (κ3) is 6.43. The van der Waals surface area contributed by atoms with Gasteiger partial charge in [0.2, 0.25) is 5.91 Å². The molecule has 0 radical (unpaired) electrons. The lowest BCUT2D eigenvalue weighted by Gasteiger charge is -2.22. The fourth-order valence-electron chi connectivity index (χ4n) is 2.59. The van der Waals surface area contributed by atoms with Crippen molar-refractivity contribution in [2.24, 2.45) is 16.1 Å². The van der Waals surface area contributed by atoms with Crippen LogP contribution in [-0.2, 0) is 16.1 Å². The summed E-state index contributed by atoms with van der Waals surface area (Å²) < 4.78 is 11.5. The Morgan fingerprint density at radius 3 is 2.81 bits per heavy atom. The molecule has 1 atom stereocenters. The number of primary amides is 1. The number of nitrogens with one attached hydrogen (secondary N) is 2. The first-order valence-corrected chi connectivity index (χ1v) is 9.48. The average molecular weight is 377 g/mol. The number of carbonyl (C=O) groups excluding carboxylic acids is 1. The maximum absolute atomic E-state index is 11.5. The molecular formula is C20H32N4O3. The third-order valence-corrected chi connectivity index (χ3v) is 4.52. The number of hydrogen-bond acceptors (Lipinski definition) is 4. The average Bonchev–Trinajstić information content (AvgIpc) is 3.11. The number of hydrogen-bond donors (Lipinski definition) is 3. The standard InChI is InChI=1S/C20H32N4O3/c1-5-22-19(24-13-20(3,4)18(21)25)23-11-15-7-6-14(2)10-17(15)27-16-8-9-26-12-16/h6-7,10,16H,5,8-9,11-13H2,1-4H3,(H2,21,25)(H2,22,23,24). The molecule has 4 N–H and O–H groups in total. The minimum Gasteiger partial charge on any atom is -0.488 e. The van der Waals surface area contributed by atoms with Gasteiger partial charge in [-0.05, 0) is 39.3 Å². The van der Waals surface area contributed by atoms with Gasteiger partial charge in [-0.25, -0.2) is 4.99 Å². The molecule has 150 valence electrons. The Labute approximate surface area is 161 Å². The van der Waals surface area contributed by atoms with Gasteiger partial charge in [-0.2, -0.15) is 0 Å². The number of nitrogens with two attached hydrogens (primary N) is 1. The molecule has 2 rings (SSSR count). The normalized spacial score (nSPS) is 17.6. The van der Waals surface area contributed by atoms with E-state index in [-0.39, 0.29) is 12.0 Å². The van der Waals surface area contributed by atoms with Crippen LogP contribution < -0.4 is 21.1 Å². The summed E-state index contributed by atoms with van der Waals surface area (Å²) in [7, 11) is 0. The van der Waals surface area contributed by atoms with Crippen molar-refractivity contribution >= 4 is 11.9 Å². The van der Waals surface area contributed by atoms with Crippen LogP contribution in [0.15, 0.2) is 23.2 Å². The van der Waals surface area contributed by atoms with Gasteiger partial charge in [-0.15, -0.1) is 0 Å². The summed E-state index contributed by atoms with van der Waals surface area (Å²) in [5.41, 5.74) is 6.94. The van der Waals surface area contributed by atoms with Gasteiger partial charge in [0, 0.05) is 25.1 Å². The lowest BCUT2D eigenvalue weighted by Crippen LogP contribution is -2.46. The molecule has 7 nitrogen and oxygen atoms in total. The van der Waals surface area contributed by atoms with Gasteiger partial charge in [0.05, 0.1) is 25.2 Å². The van der Waals surface area contributed by atoms with E-state index in [9.17, 15) is 4.79 Å². The second kappa shape index (κ2) is 9.60. The van der Waals surface area contributed by atoms with Crippen molar-refractivity contribution in [1.82, 2.24) is 10.6 Å². The molecule has 1 aliphatic rings. The molecule has 1 aromatic rings. The minimum absolute atomic E-state index is 0.0947. The van der Waals surface area contributed by atoms with Gasteiger partial charge >= 0.3 is 0 Å². The molecule has 1 amide bonds. The lowest BCUT2D eigenvalue weighted by molar-refractivity contribution is -0.125. The van der Waals surface area contributed by atoms with Crippen LogP contribution in [0.25, 0.3) is 0 Å². The summed E-state index contributed by atoms with van der Waals surface area (Å²) >= 11 is 0. The number of benzene rings is 1. The fraction of sp³-hybridized carbons (Fsp3) is 0.600. The second-order valence-corrected chi connectivity index (χ2v) is 7.51.